The lowest BCUT2D eigenvalue weighted by atomic mass is 10.1. The van der Waals surface area contributed by atoms with Crippen molar-refractivity contribution >= 4 is 16.9 Å². The summed E-state index contributed by atoms with van der Waals surface area (Å²) in [5.41, 5.74) is 8.62. The molecule has 2 heterocycles. The molecule has 0 spiro atoms. The van der Waals surface area contributed by atoms with E-state index in [2.05, 4.69) is 24.0 Å². The van der Waals surface area contributed by atoms with Crippen molar-refractivity contribution in [2.45, 2.75) is 20.3 Å². The summed E-state index contributed by atoms with van der Waals surface area (Å²) in [4.78, 5) is 0. The molecule has 0 unspecified atom stereocenters. The summed E-state index contributed by atoms with van der Waals surface area (Å²) in [6.07, 6.45) is 0.858. The lowest BCUT2D eigenvalue weighted by molar-refractivity contribution is 0.414. The quantitative estimate of drug-likeness (QED) is 0.771. The van der Waals surface area contributed by atoms with Crippen LogP contribution in [0, 0.1) is 5.92 Å². The number of methoxy groups -OCH3 is 1. The molecule has 0 aliphatic rings. The zero-order valence-electron chi connectivity index (χ0n) is 12.4. The highest BCUT2D eigenvalue weighted by atomic mass is 16.5. The minimum absolute atomic E-state index is 0.496. The molecule has 0 saturated carbocycles. The van der Waals surface area contributed by atoms with Gasteiger partial charge in [0.25, 0.3) is 0 Å². The first-order chi connectivity index (χ1) is 10.1. The SMILES string of the molecule is COc1cccc(-n2nc(CC(C)C)c3c(N)[nH]nc32)c1. The van der Waals surface area contributed by atoms with Crippen molar-refractivity contribution in [2.24, 2.45) is 5.92 Å². The van der Waals surface area contributed by atoms with E-state index < -0.39 is 0 Å². The van der Waals surface area contributed by atoms with E-state index in [1.54, 1.807) is 7.11 Å². The fourth-order valence-electron chi connectivity index (χ4n) is 2.45. The fraction of sp³-hybridized carbons (Fsp3) is 0.333. The molecule has 0 amide bonds. The standard InChI is InChI=1S/C15H19N5O/c1-9(2)7-12-13-14(16)17-18-15(13)20(19-12)10-5-4-6-11(8-10)21-3/h4-6,8-9H,7H2,1-3H3,(H3,16,17,18). The van der Waals surface area contributed by atoms with Crippen LogP contribution in [-0.2, 0) is 6.42 Å². The van der Waals surface area contributed by atoms with Gasteiger partial charge in [0.05, 0.1) is 23.9 Å². The van der Waals surface area contributed by atoms with Crippen LogP contribution in [0.4, 0.5) is 5.82 Å². The van der Waals surface area contributed by atoms with Gasteiger partial charge in [0.15, 0.2) is 5.65 Å². The predicted octanol–water partition coefficient (Wildman–Crippen LogP) is 2.54. The molecule has 6 heteroatoms. The Labute approximate surface area is 122 Å². The number of benzene rings is 1. The van der Waals surface area contributed by atoms with E-state index in [4.69, 9.17) is 15.6 Å². The second kappa shape index (κ2) is 5.12. The Kier molecular flexibility index (Phi) is 3.29. The predicted molar refractivity (Wildman–Crippen MR) is 82.7 cm³/mol. The zero-order chi connectivity index (χ0) is 15.0. The Morgan fingerprint density at radius 1 is 1.38 bits per heavy atom. The summed E-state index contributed by atoms with van der Waals surface area (Å²) in [6, 6.07) is 7.73. The summed E-state index contributed by atoms with van der Waals surface area (Å²) in [5, 5.41) is 12.7. The molecule has 0 radical (unpaired) electrons. The van der Waals surface area contributed by atoms with Crippen molar-refractivity contribution in [3.63, 3.8) is 0 Å². The number of nitrogens with two attached hydrogens (primary N) is 1. The number of nitrogens with zero attached hydrogens (tertiary/aromatic N) is 3. The maximum atomic E-state index is 6.00. The lowest BCUT2D eigenvalue weighted by Crippen LogP contribution is -2.01. The van der Waals surface area contributed by atoms with Crippen LogP contribution in [0.15, 0.2) is 24.3 Å². The maximum absolute atomic E-state index is 6.00. The topological polar surface area (TPSA) is 81.8 Å². The van der Waals surface area contributed by atoms with Gasteiger partial charge in [-0.25, -0.2) is 4.68 Å². The molecular weight excluding hydrogens is 266 g/mol. The van der Waals surface area contributed by atoms with E-state index >= 15 is 0 Å². The molecular formula is C15H19N5O. The molecule has 3 rings (SSSR count). The minimum atomic E-state index is 0.496. The summed E-state index contributed by atoms with van der Waals surface area (Å²) >= 11 is 0. The average molecular weight is 285 g/mol. The Morgan fingerprint density at radius 2 is 2.19 bits per heavy atom. The fourth-order valence-corrected chi connectivity index (χ4v) is 2.45. The molecule has 0 aliphatic heterocycles. The number of H-pyrrole nitrogens is 1. The number of rotatable bonds is 4. The third-order valence-electron chi connectivity index (χ3n) is 3.38. The van der Waals surface area contributed by atoms with Crippen LogP contribution in [0.3, 0.4) is 0 Å². The van der Waals surface area contributed by atoms with E-state index in [-0.39, 0.29) is 0 Å². The van der Waals surface area contributed by atoms with Crippen molar-refractivity contribution in [3.8, 4) is 11.4 Å². The molecule has 1 aromatic carbocycles. The molecule has 6 nitrogen and oxygen atoms in total. The van der Waals surface area contributed by atoms with Crippen LogP contribution in [-0.4, -0.2) is 27.1 Å². The lowest BCUT2D eigenvalue weighted by Gasteiger charge is -2.05. The van der Waals surface area contributed by atoms with Gasteiger partial charge in [-0.1, -0.05) is 19.9 Å². The van der Waals surface area contributed by atoms with Gasteiger partial charge in [-0.05, 0) is 24.5 Å². The molecule has 0 fully saturated rings. The highest BCUT2D eigenvalue weighted by Crippen LogP contribution is 2.27. The van der Waals surface area contributed by atoms with Crippen molar-refractivity contribution in [2.75, 3.05) is 12.8 Å². The molecule has 3 N–H and O–H groups in total. The molecule has 2 aromatic heterocycles. The summed E-state index contributed by atoms with van der Waals surface area (Å²) in [5.74, 6) is 1.84. The number of anilines is 1. The third kappa shape index (κ3) is 2.33. The number of aromatic amines is 1. The van der Waals surface area contributed by atoms with E-state index in [0.717, 1.165) is 34.6 Å². The van der Waals surface area contributed by atoms with Crippen LogP contribution in [0.2, 0.25) is 0 Å². The molecule has 110 valence electrons. The first kappa shape index (κ1) is 13.5. The highest BCUT2D eigenvalue weighted by molar-refractivity contribution is 5.90. The van der Waals surface area contributed by atoms with E-state index in [9.17, 15) is 0 Å². The van der Waals surface area contributed by atoms with Gasteiger partial charge in [0.1, 0.15) is 11.6 Å². The largest absolute Gasteiger partial charge is 0.497 e. The van der Waals surface area contributed by atoms with Crippen LogP contribution in [0.5, 0.6) is 5.75 Å². The molecule has 21 heavy (non-hydrogen) atoms. The zero-order valence-corrected chi connectivity index (χ0v) is 12.4. The maximum Gasteiger partial charge on any atom is 0.186 e. The smallest absolute Gasteiger partial charge is 0.186 e. The molecule has 0 bridgehead atoms. The van der Waals surface area contributed by atoms with Gasteiger partial charge in [-0.2, -0.15) is 10.2 Å². The highest BCUT2D eigenvalue weighted by Gasteiger charge is 2.18. The second-order valence-electron chi connectivity index (χ2n) is 5.49. The normalized spacial score (nSPS) is 11.4. The molecule has 3 aromatic rings. The molecule has 0 atom stereocenters. The first-order valence-corrected chi connectivity index (χ1v) is 6.96. The number of nitrogens with one attached hydrogen (secondary N) is 1. The van der Waals surface area contributed by atoms with Crippen molar-refractivity contribution < 1.29 is 4.74 Å². The van der Waals surface area contributed by atoms with Gasteiger partial charge < -0.3 is 10.5 Å². The molecule has 0 aliphatic carbocycles. The van der Waals surface area contributed by atoms with Crippen LogP contribution >= 0.6 is 0 Å². The third-order valence-corrected chi connectivity index (χ3v) is 3.38. The monoisotopic (exact) mass is 285 g/mol. The van der Waals surface area contributed by atoms with Crippen LogP contribution < -0.4 is 10.5 Å². The van der Waals surface area contributed by atoms with Gasteiger partial charge >= 0.3 is 0 Å². The van der Waals surface area contributed by atoms with Gasteiger partial charge in [-0.3, -0.25) is 5.10 Å². The van der Waals surface area contributed by atoms with Crippen molar-refractivity contribution in [1.29, 1.82) is 0 Å². The Hall–Kier alpha value is -2.50. The number of hydrogen-bond donors (Lipinski definition) is 2. The number of fused-ring (bicyclic) bond motifs is 1. The van der Waals surface area contributed by atoms with Crippen LogP contribution in [0.25, 0.3) is 16.7 Å². The Morgan fingerprint density at radius 3 is 2.90 bits per heavy atom. The van der Waals surface area contributed by atoms with E-state index in [0.29, 0.717) is 11.7 Å². The Bertz CT molecular complexity index is 772. The number of ether oxygens (including phenoxy) is 1. The van der Waals surface area contributed by atoms with Gasteiger partial charge in [0, 0.05) is 6.07 Å². The first-order valence-electron chi connectivity index (χ1n) is 6.96. The van der Waals surface area contributed by atoms with Crippen LogP contribution in [0.1, 0.15) is 19.5 Å². The van der Waals surface area contributed by atoms with E-state index in [1.165, 1.54) is 0 Å². The van der Waals surface area contributed by atoms with Gasteiger partial charge in [0.2, 0.25) is 0 Å². The van der Waals surface area contributed by atoms with Crippen molar-refractivity contribution in [3.05, 3.63) is 30.0 Å². The number of nitrogen functional groups attached to an aromatic ring is 1. The number of aromatic nitrogens is 4. The summed E-state index contributed by atoms with van der Waals surface area (Å²) in [7, 11) is 1.65. The number of hydrogen-bond acceptors (Lipinski definition) is 4. The average Bonchev–Trinajstić information content (AvgIpc) is 3.01. The van der Waals surface area contributed by atoms with Gasteiger partial charge in [-0.15, -0.1) is 0 Å². The summed E-state index contributed by atoms with van der Waals surface area (Å²) < 4.78 is 7.08. The second-order valence-corrected chi connectivity index (χ2v) is 5.49. The Balaban J connectivity index is 2.18. The van der Waals surface area contributed by atoms with E-state index in [1.807, 2.05) is 28.9 Å². The molecule has 0 saturated heterocycles. The van der Waals surface area contributed by atoms with Crippen molar-refractivity contribution in [1.82, 2.24) is 20.0 Å². The summed E-state index contributed by atoms with van der Waals surface area (Å²) in [6.45, 7) is 4.32. The minimum Gasteiger partial charge on any atom is -0.497 e.